The van der Waals surface area contributed by atoms with Gasteiger partial charge in [-0.3, -0.25) is 9.59 Å². The summed E-state index contributed by atoms with van der Waals surface area (Å²) in [5, 5.41) is 0. The van der Waals surface area contributed by atoms with Gasteiger partial charge in [0.15, 0.2) is 0 Å². The second kappa shape index (κ2) is 5.17. The van der Waals surface area contributed by atoms with Crippen LogP contribution in [0.3, 0.4) is 0 Å². The summed E-state index contributed by atoms with van der Waals surface area (Å²) in [7, 11) is 0. The number of fused-ring (bicyclic) bond motifs is 1. The van der Waals surface area contributed by atoms with Gasteiger partial charge in [0.25, 0.3) is 6.29 Å². The average Bonchev–Trinajstić information content (AvgIpc) is 2.38. The lowest BCUT2D eigenvalue weighted by Gasteiger charge is -2.33. The Kier molecular flexibility index (Phi) is 3.47. The van der Waals surface area contributed by atoms with Gasteiger partial charge in [0.05, 0.1) is 0 Å². The van der Waals surface area contributed by atoms with Gasteiger partial charge in [-0.1, -0.05) is 13.8 Å². The lowest BCUT2D eigenvalue weighted by atomic mass is 9.75. The van der Waals surface area contributed by atoms with Crippen molar-refractivity contribution in [3.05, 3.63) is 33.4 Å². The van der Waals surface area contributed by atoms with Gasteiger partial charge in [0.2, 0.25) is 0 Å². The first-order chi connectivity index (χ1) is 10.1. The predicted octanol–water partition coefficient (Wildman–Crippen LogP) is 2.71. The molecule has 1 aliphatic carbocycles. The first-order valence-corrected chi connectivity index (χ1v) is 7.61. The van der Waals surface area contributed by atoms with E-state index in [4.69, 9.17) is 9.47 Å². The van der Waals surface area contributed by atoms with Crippen molar-refractivity contribution in [2.45, 2.75) is 59.2 Å². The molecular formula is C17H20O4. The quantitative estimate of drug-likeness (QED) is 0.634. The van der Waals surface area contributed by atoms with E-state index >= 15 is 0 Å². The van der Waals surface area contributed by atoms with Crippen molar-refractivity contribution in [1.29, 1.82) is 0 Å². The zero-order chi connectivity index (χ0) is 15.1. The van der Waals surface area contributed by atoms with Crippen molar-refractivity contribution in [2.75, 3.05) is 0 Å². The van der Waals surface area contributed by atoms with Crippen LogP contribution >= 0.6 is 0 Å². The van der Waals surface area contributed by atoms with Gasteiger partial charge in [-0.05, 0) is 60.4 Å². The summed E-state index contributed by atoms with van der Waals surface area (Å²) in [4.78, 5) is 23.1. The van der Waals surface area contributed by atoms with E-state index in [-0.39, 0.29) is 6.42 Å². The van der Waals surface area contributed by atoms with Crippen molar-refractivity contribution < 1.29 is 19.1 Å². The summed E-state index contributed by atoms with van der Waals surface area (Å²) in [5.41, 5.74) is 7.34. The Morgan fingerprint density at radius 1 is 0.952 bits per heavy atom. The second-order valence-corrected chi connectivity index (χ2v) is 5.65. The van der Waals surface area contributed by atoms with Gasteiger partial charge in [-0.15, -0.1) is 0 Å². The topological polar surface area (TPSA) is 52.6 Å². The van der Waals surface area contributed by atoms with Crippen LogP contribution in [0.4, 0.5) is 0 Å². The van der Waals surface area contributed by atoms with Crippen LogP contribution in [-0.2, 0) is 44.7 Å². The number of benzene rings is 1. The fourth-order valence-electron chi connectivity index (χ4n) is 3.59. The molecule has 0 amide bonds. The molecule has 4 nitrogen and oxygen atoms in total. The number of carbonyl (C=O) groups excluding carboxylic acids is 2. The number of cyclic esters (lactones) is 2. The highest BCUT2D eigenvalue weighted by atomic mass is 16.7. The molecule has 0 N–H and O–H groups in total. The first kappa shape index (κ1) is 14.1. The van der Waals surface area contributed by atoms with Crippen molar-refractivity contribution in [3.8, 4) is 0 Å². The van der Waals surface area contributed by atoms with Gasteiger partial charge in [-0.25, -0.2) is 0 Å². The van der Waals surface area contributed by atoms with E-state index in [2.05, 4.69) is 13.8 Å². The molecule has 4 heteroatoms. The molecule has 0 atom stereocenters. The van der Waals surface area contributed by atoms with Crippen molar-refractivity contribution >= 4 is 11.9 Å². The van der Waals surface area contributed by atoms with E-state index < -0.39 is 18.2 Å². The molecule has 0 spiro atoms. The average molecular weight is 288 g/mol. The Labute approximate surface area is 124 Å². The molecule has 1 saturated heterocycles. The van der Waals surface area contributed by atoms with Crippen LogP contribution < -0.4 is 0 Å². The molecular weight excluding hydrogens is 268 g/mol. The maximum absolute atomic E-state index is 11.6. The minimum absolute atomic E-state index is 0.289. The molecule has 112 valence electrons. The van der Waals surface area contributed by atoms with Crippen LogP contribution in [0.1, 0.15) is 59.9 Å². The number of ether oxygens (including phenoxy) is 2. The summed E-state index contributed by atoms with van der Waals surface area (Å²) in [6.45, 7) is 6.28. The highest BCUT2D eigenvalue weighted by molar-refractivity contribution is 5.92. The molecule has 2 aliphatic rings. The molecule has 0 radical (unpaired) electrons. The molecule has 1 aromatic rings. The van der Waals surface area contributed by atoms with Gasteiger partial charge >= 0.3 is 11.9 Å². The zero-order valence-corrected chi connectivity index (χ0v) is 12.7. The van der Waals surface area contributed by atoms with E-state index in [1.165, 1.54) is 22.3 Å². The Balaban J connectivity index is 2.15. The summed E-state index contributed by atoms with van der Waals surface area (Å²) < 4.78 is 10.6. The van der Waals surface area contributed by atoms with Gasteiger partial charge in [0, 0.05) is 5.56 Å². The molecule has 1 heterocycles. The maximum Gasteiger partial charge on any atom is 0.320 e. The van der Waals surface area contributed by atoms with Crippen molar-refractivity contribution in [3.63, 3.8) is 0 Å². The largest absolute Gasteiger partial charge is 0.420 e. The van der Waals surface area contributed by atoms with E-state index in [0.717, 1.165) is 36.8 Å². The van der Waals surface area contributed by atoms with Crippen LogP contribution in [0.25, 0.3) is 0 Å². The molecule has 0 bridgehead atoms. The van der Waals surface area contributed by atoms with Crippen LogP contribution in [-0.4, -0.2) is 11.9 Å². The molecule has 0 aromatic heterocycles. The van der Waals surface area contributed by atoms with Gasteiger partial charge in [0.1, 0.15) is 6.42 Å². The molecule has 3 rings (SSSR count). The van der Waals surface area contributed by atoms with E-state index in [9.17, 15) is 9.59 Å². The smallest absolute Gasteiger partial charge is 0.320 e. The SMILES string of the molecule is CCc1c2c(c(C)c(C3OC(=O)CC(=O)O3)c1CC)CC2. The fourth-order valence-corrected chi connectivity index (χ4v) is 3.59. The first-order valence-electron chi connectivity index (χ1n) is 7.61. The zero-order valence-electron chi connectivity index (χ0n) is 12.7. The third-order valence-corrected chi connectivity index (χ3v) is 4.61. The molecule has 0 unspecified atom stereocenters. The fraction of sp³-hybridized carbons (Fsp3) is 0.529. The van der Waals surface area contributed by atoms with Crippen LogP contribution in [0, 0.1) is 6.92 Å². The Morgan fingerprint density at radius 2 is 1.52 bits per heavy atom. The standard InChI is InChI=1S/C17H20O4/c1-4-10-11(5-2)16(9(3)12-6-7-13(10)12)17-20-14(18)8-15(19)21-17/h17H,4-8H2,1-3H3. The lowest BCUT2D eigenvalue weighted by molar-refractivity contribution is -0.205. The van der Waals surface area contributed by atoms with E-state index in [1.807, 2.05) is 6.92 Å². The normalized spacial score (nSPS) is 17.9. The molecule has 21 heavy (non-hydrogen) atoms. The minimum Gasteiger partial charge on any atom is -0.420 e. The highest BCUT2D eigenvalue weighted by Gasteiger charge is 2.35. The summed E-state index contributed by atoms with van der Waals surface area (Å²) in [6, 6.07) is 0. The maximum atomic E-state index is 11.6. The monoisotopic (exact) mass is 288 g/mol. The van der Waals surface area contributed by atoms with E-state index in [0.29, 0.717) is 0 Å². The third-order valence-electron chi connectivity index (χ3n) is 4.61. The van der Waals surface area contributed by atoms with Crippen molar-refractivity contribution in [1.82, 2.24) is 0 Å². The molecule has 1 fully saturated rings. The number of rotatable bonds is 3. The highest BCUT2D eigenvalue weighted by Crippen LogP contribution is 2.40. The summed E-state index contributed by atoms with van der Waals surface area (Å²) in [6.07, 6.45) is 2.81. The van der Waals surface area contributed by atoms with E-state index in [1.54, 1.807) is 0 Å². The number of hydrogen-bond donors (Lipinski definition) is 0. The molecule has 1 aliphatic heterocycles. The number of carbonyl (C=O) groups is 2. The van der Waals surface area contributed by atoms with Crippen LogP contribution in [0.15, 0.2) is 0 Å². The molecule has 0 saturated carbocycles. The Bertz CT molecular complexity index is 614. The third kappa shape index (κ3) is 2.13. The minimum atomic E-state index is -0.870. The van der Waals surface area contributed by atoms with Gasteiger partial charge in [-0.2, -0.15) is 0 Å². The lowest BCUT2D eigenvalue weighted by Crippen LogP contribution is -2.30. The van der Waals surface area contributed by atoms with Gasteiger partial charge < -0.3 is 9.47 Å². The summed E-state index contributed by atoms with van der Waals surface area (Å²) >= 11 is 0. The van der Waals surface area contributed by atoms with Crippen LogP contribution in [0.2, 0.25) is 0 Å². The second-order valence-electron chi connectivity index (χ2n) is 5.65. The molecule has 1 aromatic carbocycles. The Hall–Kier alpha value is -1.84. The predicted molar refractivity (Wildman–Crippen MR) is 76.9 cm³/mol. The number of hydrogen-bond acceptors (Lipinski definition) is 4. The Morgan fingerprint density at radius 3 is 2.00 bits per heavy atom. The summed E-state index contributed by atoms with van der Waals surface area (Å²) in [5.74, 6) is -1.00. The van der Waals surface area contributed by atoms with Crippen LogP contribution in [0.5, 0.6) is 0 Å². The number of esters is 2. The van der Waals surface area contributed by atoms with Crippen molar-refractivity contribution in [2.24, 2.45) is 0 Å².